The minimum absolute atomic E-state index is 0.437. The topological polar surface area (TPSA) is 30.3 Å². The average Bonchev–Trinajstić information content (AvgIpc) is 3.34. The molecule has 1 aliphatic heterocycles. The molecule has 4 heteroatoms. The highest BCUT2D eigenvalue weighted by atomic mass is 16.5. The van der Waals surface area contributed by atoms with Gasteiger partial charge in [0, 0.05) is 30.3 Å². The van der Waals surface area contributed by atoms with Gasteiger partial charge in [0.25, 0.3) is 0 Å². The number of piperidine rings is 1. The van der Waals surface area contributed by atoms with E-state index in [0.717, 1.165) is 55.3 Å². The third-order valence-electron chi connectivity index (χ3n) is 8.13. The third kappa shape index (κ3) is 5.15. The van der Waals surface area contributed by atoms with Gasteiger partial charge in [-0.15, -0.1) is 0 Å². The fourth-order valence-electron chi connectivity index (χ4n) is 6.11. The van der Waals surface area contributed by atoms with Crippen molar-refractivity contribution >= 4 is 0 Å². The smallest absolute Gasteiger partial charge is 0.141 e. The van der Waals surface area contributed by atoms with Gasteiger partial charge in [-0.25, -0.2) is 4.98 Å². The number of aryl methyl sites for hydroxylation is 2. The van der Waals surface area contributed by atoms with Crippen LogP contribution in [-0.4, -0.2) is 28.1 Å². The highest BCUT2D eigenvalue weighted by Gasteiger charge is 2.28. The lowest BCUT2D eigenvalue weighted by Crippen LogP contribution is -2.33. The number of aromatic nitrogens is 2. The molecule has 1 aliphatic rings. The van der Waals surface area contributed by atoms with Crippen molar-refractivity contribution < 1.29 is 4.74 Å². The van der Waals surface area contributed by atoms with Crippen LogP contribution < -0.4 is 4.74 Å². The van der Waals surface area contributed by atoms with Crippen molar-refractivity contribution in [1.29, 1.82) is 0 Å². The Morgan fingerprint density at radius 2 is 1.55 bits per heavy atom. The Morgan fingerprint density at radius 3 is 2.18 bits per heavy atom. The van der Waals surface area contributed by atoms with E-state index in [9.17, 15) is 0 Å². The number of hydrogen-bond acceptors (Lipinski definition) is 3. The van der Waals surface area contributed by atoms with Crippen molar-refractivity contribution in [3.05, 3.63) is 95.2 Å². The van der Waals surface area contributed by atoms with E-state index in [-0.39, 0.29) is 0 Å². The van der Waals surface area contributed by atoms with Gasteiger partial charge in [-0.2, -0.15) is 0 Å². The molecule has 2 heterocycles. The first-order valence-corrected chi connectivity index (χ1v) is 14.3. The number of imidazole rings is 1. The summed E-state index contributed by atoms with van der Waals surface area (Å²) >= 11 is 0. The van der Waals surface area contributed by atoms with Crippen LogP contribution in [0.3, 0.4) is 0 Å². The summed E-state index contributed by atoms with van der Waals surface area (Å²) in [7, 11) is 1.72. The van der Waals surface area contributed by atoms with Crippen molar-refractivity contribution in [3.8, 4) is 28.4 Å². The van der Waals surface area contributed by atoms with Crippen LogP contribution in [0.1, 0.15) is 68.5 Å². The molecule has 0 aliphatic carbocycles. The monoisotopic (exact) mass is 507 g/mol. The molecule has 4 nitrogen and oxygen atoms in total. The summed E-state index contributed by atoms with van der Waals surface area (Å²) in [6, 6.07) is 26.6. The van der Waals surface area contributed by atoms with Gasteiger partial charge in [-0.05, 0) is 80.1 Å². The highest BCUT2D eigenvalue weighted by molar-refractivity contribution is 5.72. The van der Waals surface area contributed by atoms with Crippen LogP contribution in [0.5, 0.6) is 5.75 Å². The number of methoxy groups -OCH3 is 1. The molecule has 0 spiro atoms. The first kappa shape index (κ1) is 26.2. The average molecular weight is 508 g/mol. The van der Waals surface area contributed by atoms with Crippen molar-refractivity contribution in [1.82, 2.24) is 14.5 Å². The molecule has 1 atom stereocenters. The van der Waals surface area contributed by atoms with E-state index in [0.29, 0.717) is 6.04 Å². The fourth-order valence-corrected chi connectivity index (χ4v) is 6.11. The lowest BCUT2D eigenvalue weighted by Gasteiger charge is -2.36. The molecule has 3 aromatic carbocycles. The summed E-state index contributed by atoms with van der Waals surface area (Å²) < 4.78 is 7.96. The predicted molar refractivity (Wildman–Crippen MR) is 158 cm³/mol. The summed E-state index contributed by atoms with van der Waals surface area (Å²) in [4.78, 5) is 8.14. The fraction of sp³-hybridized carbons (Fsp3) is 0.382. The second-order valence-electron chi connectivity index (χ2n) is 10.3. The molecule has 1 unspecified atom stereocenters. The molecule has 5 rings (SSSR count). The van der Waals surface area contributed by atoms with Gasteiger partial charge >= 0.3 is 0 Å². The molecule has 0 radical (unpaired) electrons. The zero-order valence-electron chi connectivity index (χ0n) is 23.4. The standard InChI is InChI=1S/C34H41N3O/c1-5-25-16-13-17-26(6-2)32(25)34-35-33(28-19-21-29(38-4)22-20-28)31(37(34)7-3)24-36-23-12-11-18-30(36)27-14-9-8-10-15-27/h8-10,13-17,19-22,30H,5-7,11-12,18,23-24H2,1-4H3. The Kier molecular flexibility index (Phi) is 8.29. The minimum Gasteiger partial charge on any atom is -0.497 e. The van der Waals surface area contributed by atoms with Gasteiger partial charge in [0.1, 0.15) is 11.6 Å². The van der Waals surface area contributed by atoms with E-state index in [1.165, 1.54) is 47.2 Å². The van der Waals surface area contributed by atoms with Crippen LogP contribution in [0.25, 0.3) is 22.6 Å². The van der Waals surface area contributed by atoms with Crippen molar-refractivity contribution in [3.63, 3.8) is 0 Å². The summed E-state index contributed by atoms with van der Waals surface area (Å²) in [6.07, 6.45) is 5.72. The van der Waals surface area contributed by atoms with Crippen LogP contribution in [0.15, 0.2) is 72.8 Å². The van der Waals surface area contributed by atoms with E-state index >= 15 is 0 Å². The number of benzene rings is 3. The molecule has 1 fully saturated rings. The largest absolute Gasteiger partial charge is 0.497 e. The van der Waals surface area contributed by atoms with E-state index in [2.05, 4.69) is 103 Å². The summed E-state index contributed by atoms with van der Waals surface area (Å²) in [6.45, 7) is 9.65. The summed E-state index contributed by atoms with van der Waals surface area (Å²) in [5, 5.41) is 0. The molecule has 0 N–H and O–H groups in total. The van der Waals surface area contributed by atoms with Gasteiger partial charge in [-0.3, -0.25) is 4.90 Å². The Bertz CT molecular complexity index is 1320. The molecule has 198 valence electrons. The van der Waals surface area contributed by atoms with Gasteiger partial charge in [-0.1, -0.05) is 68.8 Å². The summed E-state index contributed by atoms with van der Waals surface area (Å²) in [5.74, 6) is 1.98. The first-order valence-electron chi connectivity index (χ1n) is 14.3. The van der Waals surface area contributed by atoms with Gasteiger partial charge < -0.3 is 9.30 Å². The van der Waals surface area contributed by atoms with Gasteiger partial charge in [0.15, 0.2) is 0 Å². The van der Waals surface area contributed by atoms with Crippen LogP contribution in [0.4, 0.5) is 0 Å². The second-order valence-corrected chi connectivity index (χ2v) is 10.3. The molecule has 1 saturated heterocycles. The Hall–Kier alpha value is -3.37. The van der Waals surface area contributed by atoms with Gasteiger partial charge in [0.2, 0.25) is 0 Å². The van der Waals surface area contributed by atoms with Crippen molar-refractivity contribution in [2.75, 3.05) is 13.7 Å². The maximum absolute atomic E-state index is 5.47. The number of nitrogens with zero attached hydrogens (tertiary/aromatic N) is 3. The van der Waals surface area contributed by atoms with Crippen LogP contribution in [0, 0.1) is 0 Å². The molecule has 0 amide bonds. The normalized spacial score (nSPS) is 16.1. The molecule has 38 heavy (non-hydrogen) atoms. The lowest BCUT2D eigenvalue weighted by atomic mass is 9.95. The van der Waals surface area contributed by atoms with Gasteiger partial charge in [0.05, 0.1) is 18.5 Å². The van der Waals surface area contributed by atoms with Crippen LogP contribution in [0.2, 0.25) is 0 Å². The van der Waals surface area contributed by atoms with Crippen LogP contribution >= 0.6 is 0 Å². The molecule has 0 saturated carbocycles. The molecular weight excluding hydrogens is 466 g/mol. The highest BCUT2D eigenvalue weighted by Crippen LogP contribution is 2.38. The quantitative estimate of drug-likeness (QED) is 0.229. The van der Waals surface area contributed by atoms with E-state index in [1.54, 1.807) is 7.11 Å². The zero-order chi connectivity index (χ0) is 26.5. The Morgan fingerprint density at radius 1 is 0.842 bits per heavy atom. The number of hydrogen-bond donors (Lipinski definition) is 0. The van der Waals surface area contributed by atoms with Crippen LogP contribution in [-0.2, 0) is 25.9 Å². The molecule has 1 aromatic heterocycles. The maximum Gasteiger partial charge on any atom is 0.141 e. The third-order valence-corrected chi connectivity index (χ3v) is 8.13. The van der Waals surface area contributed by atoms with E-state index in [1.807, 2.05) is 0 Å². The number of rotatable bonds is 9. The van der Waals surface area contributed by atoms with Crippen molar-refractivity contribution in [2.45, 2.75) is 72.0 Å². The second kappa shape index (κ2) is 12.0. The molecular formula is C34H41N3O. The Balaban J connectivity index is 1.67. The number of ether oxygens (including phenoxy) is 1. The molecule has 4 aromatic rings. The predicted octanol–water partition coefficient (Wildman–Crippen LogP) is 8.10. The van der Waals surface area contributed by atoms with E-state index in [4.69, 9.17) is 9.72 Å². The lowest BCUT2D eigenvalue weighted by molar-refractivity contribution is 0.137. The zero-order valence-corrected chi connectivity index (χ0v) is 23.4. The summed E-state index contributed by atoms with van der Waals surface area (Å²) in [5.41, 5.74) is 9.03. The number of likely N-dealkylation sites (tertiary alicyclic amines) is 1. The molecule has 0 bridgehead atoms. The SMILES string of the molecule is CCc1cccc(CC)c1-c1nc(-c2ccc(OC)cc2)c(CN2CCCCC2c2ccccc2)n1CC. The van der Waals surface area contributed by atoms with E-state index < -0.39 is 0 Å². The first-order chi connectivity index (χ1) is 18.7. The maximum atomic E-state index is 5.47. The Labute approximate surface area is 228 Å². The van der Waals surface area contributed by atoms with Crippen molar-refractivity contribution in [2.24, 2.45) is 0 Å². The minimum atomic E-state index is 0.437.